The molecule has 3 N–H and O–H groups in total. The number of anilines is 1. The van der Waals surface area contributed by atoms with E-state index in [4.69, 9.17) is 5.11 Å². The molecule has 1 aliphatic rings. The third-order valence-corrected chi connectivity index (χ3v) is 3.61. The minimum absolute atomic E-state index is 0.0925. The van der Waals surface area contributed by atoms with Crippen molar-refractivity contribution < 1.29 is 14.7 Å². The Kier molecular flexibility index (Phi) is 4.61. The minimum Gasteiger partial charge on any atom is -0.481 e. The first-order valence-electron chi connectivity index (χ1n) is 6.90. The quantitative estimate of drug-likeness (QED) is 0.747. The van der Waals surface area contributed by atoms with Crippen LogP contribution in [0, 0.1) is 11.8 Å². The van der Waals surface area contributed by atoms with Crippen LogP contribution in [0.25, 0.3) is 0 Å². The number of rotatable bonds is 6. The molecule has 1 aromatic carbocycles. The zero-order chi connectivity index (χ0) is 14.5. The van der Waals surface area contributed by atoms with Crippen LogP contribution in [0.5, 0.6) is 0 Å². The second-order valence-corrected chi connectivity index (χ2v) is 5.40. The van der Waals surface area contributed by atoms with Crippen LogP contribution in [0.3, 0.4) is 0 Å². The molecule has 5 heteroatoms. The first kappa shape index (κ1) is 14.4. The van der Waals surface area contributed by atoms with Gasteiger partial charge in [-0.1, -0.05) is 19.1 Å². The predicted octanol–water partition coefficient (Wildman–Crippen LogP) is 2.48. The number of carbonyl (C=O) groups is 2. The van der Waals surface area contributed by atoms with Gasteiger partial charge in [0.1, 0.15) is 0 Å². The van der Waals surface area contributed by atoms with Gasteiger partial charge in [-0.25, -0.2) is 4.79 Å². The van der Waals surface area contributed by atoms with E-state index in [0.717, 1.165) is 11.5 Å². The zero-order valence-corrected chi connectivity index (χ0v) is 11.6. The third kappa shape index (κ3) is 4.57. The molecular formula is C15H20N2O3. The van der Waals surface area contributed by atoms with Gasteiger partial charge in [0.2, 0.25) is 0 Å². The van der Waals surface area contributed by atoms with E-state index in [1.54, 1.807) is 6.07 Å². The van der Waals surface area contributed by atoms with Crippen molar-refractivity contribution in [3.63, 3.8) is 0 Å². The highest BCUT2D eigenvalue weighted by molar-refractivity contribution is 5.89. The zero-order valence-electron chi connectivity index (χ0n) is 11.6. The molecule has 2 rings (SSSR count). The standard InChI is InChI=1S/C15H20N2O3/c1-10-7-12(10)9-16-15(20)17-13-4-2-3-11(8-13)5-6-14(18)19/h2-4,8,10,12H,5-7,9H2,1H3,(H,18,19)(H2,16,17,20). The molecule has 2 unspecified atom stereocenters. The van der Waals surface area contributed by atoms with E-state index in [0.29, 0.717) is 24.6 Å². The highest BCUT2D eigenvalue weighted by Gasteiger charge is 2.32. The lowest BCUT2D eigenvalue weighted by Crippen LogP contribution is -2.30. The summed E-state index contributed by atoms with van der Waals surface area (Å²) in [7, 11) is 0. The Labute approximate surface area is 118 Å². The van der Waals surface area contributed by atoms with Gasteiger partial charge >= 0.3 is 12.0 Å². The second kappa shape index (κ2) is 6.41. The van der Waals surface area contributed by atoms with Crippen molar-refractivity contribution in [1.29, 1.82) is 0 Å². The molecule has 0 saturated heterocycles. The topological polar surface area (TPSA) is 78.4 Å². The summed E-state index contributed by atoms with van der Waals surface area (Å²) in [6, 6.07) is 7.07. The van der Waals surface area contributed by atoms with Crippen LogP contribution in [0.15, 0.2) is 24.3 Å². The molecule has 108 valence electrons. The van der Waals surface area contributed by atoms with Gasteiger partial charge in [0.25, 0.3) is 0 Å². The van der Waals surface area contributed by atoms with Gasteiger partial charge in [-0.2, -0.15) is 0 Å². The van der Waals surface area contributed by atoms with Crippen molar-refractivity contribution in [2.24, 2.45) is 11.8 Å². The molecule has 0 bridgehead atoms. The average molecular weight is 276 g/mol. The number of urea groups is 1. The van der Waals surface area contributed by atoms with Gasteiger partial charge in [-0.3, -0.25) is 4.79 Å². The lowest BCUT2D eigenvalue weighted by Gasteiger charge is -2.08. The first-order valence-corrected chi connectivity index (χ1v) is 6.90. The van der Waals surface area contributed by atoms with Gasteiger partial charge in [0.05, 0.1) is 0 Å². The van der Waals surface area contributed by atoms with E-state index in [1.807, 2.05) is 18.2 Å². The molecule has 0 radical (unpaired) electrons. The number of aryl methyl sites for hydroxylation is 1. The average Bonchev–Trinajstić information content (AvgIpc) is 3.10. The summed E-state index contributed by atoms with van der Waals surface area (Å²) in [5, 5.41) is 14.3. The number of aliphatic carboxylic acids is 1. The first-order chi connectivity index (χ1) is 9.54. The summed E-state index contributed by atoms with van der Waals surface area (Å²) < 4.78 is 0. The lowest BCUT2D eigenvalue weighted by molar-refractivity contribution is -0.136. The third-order valence-electron chi connectivity index (χ3n) is 3.61. The minimum atomic E-state index is -0.820. The van der Waals surface area contributed by atoms with E-state index in [9.17, 15) is 9.59 Å². The van der Waals surface area contributed by atoms with Crippen LogP contribution in [-0.2, 0) is 11.2 Å². The molecule has 0 heterocycles. The molecule has 2 atom stereocenters. The van der Waals surface area contributed by atoms with E-state index in [-0.39, 0.29) is 12.5 Å². The highest BCUT2D eigenvalue weighted by atomic mass is 16.4. The molecule has 0 aliphatic heterocycles. The number of amides is 2. The van der Waals surface area contributed by atoms with Crippen molar-refractivity contribution in [2.75, 3.05) is 11.9 Å². The fourth-order valence-electron chi connectivity index (χ4n) is 2.14. The number of benzene rings is 1. The van der Waals surface area contributed by atoms with Gasteiger partial charge < -0.3 is 15.7 Å². The normalized spacial score (nSPS) is 20.2. The summed E-state index contributed by atoms with van der Waals surface area (Å²) in [5.74, 6) is 0.511. The number of carboxylic acid groups (broad SMARTS) is 1. The molecule has 0 aromatic heterocycles. The van der Waals surface area contributed by atoms with Crippen LogP contribution in [0.4, 0.5) is 10.5 Å². The second-order valence-electron chi connectivity index (χ2n) is 5.40. The molecule has 2 amide bonds. The van der Waals surface area contributed by atoms with Crippen molar-refractivity contribution in [3.05, 3.63) is 29.8 Å². The largest absolute Gasteiger partial charge is 0.481 e. The van der Waals surface area contributed by atoms with Crippen LogP contribution in [0.1, 0.15) is 25.3 Å². The summed E-state index contributed by atoms with van der Waals surface area (Å²) in [4.78, 5) is 22.2. The molecule has 1 aliphatic carbocycles. The maximum absolute atomic E-state index is 11.7. The smallest absolute Gasteiger partial charge is 0.319 e. The summed E-state index contributed by atoms with van der Waals surface area (Å²) in [6.45, 7) is 2.89. The lowest BCUT2D eigenvalue weighted by atomic mass is 10.1. The Hall–Kier alpha value is -2.04. The summed E-state index contributed by atoms with van der Waals surface area (Å²) >= 11 is 0. The molecule has 20 heavy (non-hydrogen) atoms. The number of carbonyl (C=O) groups excluding carboxylic acids is 1. The molecule has 1 aromatic rings. The molecule has 1 saturated carbocycles. The van der Waals surface area contributed by atoms with E-state index >= 15 is 0 Å². The highest BCUT2D eigenvalue weighted by Crippen LogP contribution is 2.36. The summed E-state index contributed by atoms with van der Waals surface area (Å²) in [6.07, 6.45) is 1.74. The van der Waals surface area contributed by atoms with Crippen molar-refractivity contribution in [3.8, 4) is 0 Å². The van der Waals surface area contributed by atoms with Crippen molar-refractivity contribution in [1.82, 2.24) is 5.32 Å². The number of carboxylic acids is 1. The number of nitrogens with one attached hydrogen (secondary N) is 2. The number of hydrogen-bond donors (Lipinski definition) is 3. The van der Waals surface area contributed by atoms with Crippen LogP contribution < -0.4 is 10.6 Å². The Morgan fingerprint density at radius 2 is 2.15 bits per heavy atom. The molecular weight excluding hydrogens is 256 g/mol. The van der Waals surface area contributed by atoms with Crippen LogP contribution >= 0.6 is 0 Å². The van der Waals surface area contributed by atoms with Crippen LogP contribution in [0.2, 0.25) is 0 Å². The Morgan fingerprint density at radius 3 is 2.80 bits per heavy atom. The van der Waals surface area contributed by atoms with E-state index < -0.39 is 5.97 Å². The van der Waals surface area contributed by atoms with E-state index in [1.165, 1.54) is 6.42 Å². The maximum atomic E-state index is 11.7. The SMILES string of the molecule is CC1CC1CNC(=O)Nc1cccc(CCC(=O)O)c1. The molecule has 0 spiro atoms. The van der Waals surface area contributed by atoms with Crippen LogP contribution in [-0.4, -0.2) is 23.7 Å². The monoisotopic (exact) mass is 276 g/mol. The van der Waals surface area contributed by atoms with Crippen molar-refractivity contribution >= 4 is 17.7 Å². The van der Waals surface area contributed by atoms with Crippen molar-refractivity contribution in [2.45, 2.75) is 26.2 Å². The molecule has 1 fully saturated rings. The van der Waals surface area contributed by atoms with Gasteiger partial charge in [-0.05, 0) is 42.4 Å². The number of hydrogen-bond acceptors (Lipinski definition) is 2. The van der Waals surface area contributed by atoms with Gasteiger partial charge in [0.15, 0.2) is 0 Å². The van der Waals surface area contributed by atoms with Gasteiger partial charge in [0, 0.05) is 18.7 Å². The maximum Gasteiger partial charge on any atom is 0.319 e. The molecule has 5 nitrogen and oxygen atoms in total. The summed E-state index contributed by atoms with van der Waals surface area (Å²) in [5.41, 5.74) is 1.59. The Morgan fingerprint density at radius 1 is 1.40 bits per heavy atom. The van der Waals surface area contributed by atoms with E-state index in [2.05, 4.69) is 17.6 Å². The fraction of sp³-hybridized carbons (Fsp3) is 0.467. The van der Waals surface area contributed by atoms with Gasteiger partial charge in [-0.15, -0.1) is 0 Å². The predicted molar refractivity (Wildman–Crippen MR) is 76.7 cm³/mol. The Bertz CT molecular complexity index is 502. The Balaban J connectivity index is 1.80. The fourth-order valence-corrected chi connectivity index (χ4v) is 2.14.